The van der Waals surface area contributed by atoms with E-state index in [1.165, 1.54) is 11.6 Å². The van der Waals surface area contributed by atoms with Crippen molar-refractivity contribution in [2.24, 2.45) is 10.9 Å². The Labute approximate surface area is 170 Å². The summed E-state index contributed by atoms with van der Waals surface area (Å²) in [4.78, 5) is 6.53. The van der Waals surface area contributed by atoms with Crippen molar-refractivity contribution < 1.29 is 18.3 Å². The molecule has 2 aromatic rings. The first-order valence-corrected chi connectivity index (χ1v) is 9.81. The van der Waals surface area contributed by atoms with Crippen molar-refractivity contribution in [3.63, 3.8) is 0 Å². The minimum atomic E-state index is -0.913. The Morgan fingerprint density at radius 1 is 1.17 bits per heavy atom. The average Bonchev–Trinajstić information content (AvgIpc) is 3.20. The molecule has 1 fully saturated rings. The molecule has 2 aromatic carbocycles. The van der Waals surface area contributed by atoms with Gasteiger partial charge >= 0.3 is 0 Å². The monoisotopic (exact) mass is 403 g/mol. The first-order valence-electron chi connectivity index (χ1n) is 9.81. The normalized spacial score (nSPS) is 16.9. The van der Waals surface area contributed by atoms with E-state index < -0.39 is 11.6 Å². The summed E-state index contributed by atoms with van der Waals surface area (Å²) < 4.78 is 37.4. The quantitative estimate of drug-likeness (QED) is 0.417. The van der Waals surface area contributed by atoms with E-state index in [2.05, 4.69) is 27.3 Å². The van der Waals surface area contributed by atoms with Gasteiger partial charge in [0.1, 0.15) is 12.4 Å². The van der Waals surface area contributed by atoms with E-state index in [9.17, 15) is 8.78 Å². The van der Waals surface area contributed by atoms with Crippen LogP contribution >= 0.6 is 0 Å². The molecule has 0 bridgehead atoms. The van der Waals surface area contributed by atoms with Gasteiger partial charge in [-0.05, 0) is 24.1 Å². The van der Waals surface area contributed by atoms with Crippen LogP contribution in [0.2, 0.25) is 0 Å². The fraction of sp³-hybridized carbons (Fsp3) is 0.409. The number of ether oxygens (including phenoxy) is 2. The molecular weight excluding hydrogens is 376 g/mol. The van der Waals surface area contributed by atoms with Crippen molar-refractivity contribution in [2.75, 3.05) is 39.9 Å². The molecule has 3 rings (SSSR count). The van der Waals surface area contributed by atoms with Crippen molar-refractivity contribution in [3.8, 4) is 5.75 Å². The molecule has 1 saturated heterocycles. The number of hydrogen-bond acceptors (Lipinski definition) is 3. The van der Waals surface area contributed by atoms with Gasteiger partial charge in [0.25, 0.3) is 0 Å². The SMILES string of the molecule is CN=C(NCCOc1ccc(F)c(F)c1)N1CCC(COCc2ccccc2)C1. The topological polar surface area (TPSA) is 46.1 Å². The van der Waals surface area contributed by atoms with Crippen molar-refractivity contribution in [3.05, 3.63) is 65.7 Å². The van der Waals surface area contributed by atoms with Crippen molar-refractivity contribution in [2.45, 2.75) is 13.0 Å². The van der Waals surface area contributed by atoms with E-state index >= 15 is 0 Å². The number of benzene rings is 2. The lowest BCUT2D eigenvalue weighted by Crippen LogP contribution is -2.41. The van der Waals surface area contributed by atoms with E-state index in [0.29, 0.717) is 31.4 Å². The van der Waals surface area contributed by atoms with Crippen molar-refractivity contribution in [1.29, 1.82) is 0 Å². The van der Waals surface area contributed by atoms with Gasteiger partial charge in [-0.15, -0.1) is 0 Å². The highest BCUT2D eigenvalue weighted by molar-refractivity contribution is 5.80. The number of hydrogen-bond donors (Lipinski definition) is 1. The second-order valence-electron chi connectivity index (χ2n) is 7.00. The Bertz CT molecular complexity index is 802. The van der Waals surface area contributed by atoms with Gasteiger partial charge < -0.3 is 19.7 Å². The second kappa shape index (κ2) is 10.8. The zero-order valence-electron chi connectivity index (χ0n) is 16.6. The lowest BCUT2D eigenvalue weighted by atomic mass is 10.1. The summed E-state index contributed by atoms with van der Waals surface area (Å²) in [5.41, 5.74) is 1.18. The number of nitrogens with one attached hydrogen (secondary N) is 1. The van der Waals surface area contributed by atoms with Crippen LogP contribution in [0.15, 0.2) is 53.5 Å². The van der Waals surface area contributed by atoms with E-state index in [4.69, 9.17) is 9.47 Å². The summed E-state index contributed by atoms with van der Waals surface area (Å²) in [6.45, 7) is 3.99. The fourth-order valence-electron chi connectivity index (χ4n) is 3.31. The Kier molecular flexibility index (Phi) is 7.81. The predicted octanol–water partition coefficient (Wildman–Crippen LogP) is 3.46. The standard InChI is InChI=1S/C22H27F2N3O2/c1-25-22(26-10-12-29-19-7-8-20(23)21(24)13-19)27-11-9-18(14-27)16-28-15-17-5-3-2-4-6-17/h2-8,13,18H,9-12,14-16H2,1H3,(H,25,26). The molecule has 1 atom stereocenters. The molecule has 0 aliphatic carbocycles. The zero-order valence-corrected chi connectivity index (χ0v) is 16.6. The predicted molar refractivity (Wildman–Crippen MR) is 109 cm³/mol. The van der Waals surface area contributed by atoms with Gasteiger partial charge in [0, 0.05) is 32.1 Å². The molecule has 1 aliphatic rings. The van der Waals surface area contributed by atoms with E-state index in [0.717, 1.165) is 44.2 Å². The molecule has 0 radical (unpaired) electrons. The van der Waals surface area contributed by atoms with Gasteiger partial charge in [0.15, 0.2) is 17.6 Å². The van der Waals surface area contributed by atoms with Crippen LogP contribution in [0.25, 0.3) is 0 Å². The maximum Gasteiger partial charge on any atom is 0.193 e. The Morgan fingerprint density at radius 3 is 2.76 bits per heavy atom. The third-order valence-electron chi connectivity index (χ3n) is 4.81. The van der Waals surface area contributed by atoms with Crippen molar-refractivity contribution >= 4 is 5.96 Å². The van der Waals surface area contributed by atoms with Crippen LogP contribution in [0.5, 0.6) is 5.75 Å². The van der Waals surface area contributed by atoms with Crippen molar-refractivity contribution in [1.82, 2.24) is 10.2 Å². The van der Waals surface area contributed by atoms with Gasteiger partial charge in [-0.3, -0.25) is 4.99 Å². The van der Waals surface area contributed by atoms with Crippen LogP contribution in [-0.4, -0.2) is 50.8 Å². The minimum absolute atomic E-state index is 0.303. The van der Waals surface area contributed by atoms with Gasteiger partial charge in [0.05, 0.1) is 19.8 Å². The van der Waals surface area contributed by atoms with E-state index in [1.807, 2.05) is 18.2 Å². The Hall–Kier alpha value is -2.67. The average molecular weight is 403 g/mol. The summed E-state index contributed by atoms with van der Waals surface area (Å²) in [5.74, 6) is -0.214. The first kappa shape index (κ1) is 21.0. The number of nitrogens with zero attached hydrogens (tertiary/aromatic N) is 2. The van der Waals surface area contributed by atoms with E-state index in [-0.39, 0.29) is 0 Å². The molecule has 7 heteroatoms. The first-order chi connectivity index (χ1) is 14.2. The lowest BCUT2D eigenvalue weighted by molar-refractivity contribution is 0.0906. The van der Waals surface area contributed by atoms with Crippen LogP contribution in [0.1, 0.15) is 12.0 Å². The number of guanidine groups is 1. The molecule has 1 N–H and O–H groups in total. The van der Waals surface area contributed by atoms with E-state index in [1.54, 1.807) is 7.05 Å². The molecule has 29 heavy (non-hydrogen) atoms. The van der Waals surface area contributed by atoms with Crippen LogP contribution in [0.4, 0.5) is 8.78 Å². The highest BCUT2D eigenvalue weighted by Gasteiger charge is 2.24. The smallest absolute Gasteiger partial charge is 0.193 e. The minimum Gasteiger partial charge on any atom is -0.492 e. The number of rotatable bonds is 8. The third kappa shape index (κ3) is 6.42. The molecule has 0 aromatic heterocycles. The Balaban J connectivity index is 1.35. The molecule has 1 unspecified atom stereocenters. The number of likely N-dealkylation sites (tertiary alicyclic amines) is 1. The van der Waals surface area contributed by atoms with Gasteiger partial charge in [-0.25, -0.2) is 8.78 Å². The summed E-state index contributed by atoms with van der Waals surface area (Å²) >= 11 is 0. The molecule has 1 heterocycles. The summed E-state index contributed by atoms with van der Waals surface area (Å²) in [5, 5.41) is 3.25. The molecule has 156 valence electrons. The number of aliphatic imine (C=N–C) groups is 1. The van der Waals surface area contributed by atoms with Gasteiger partial charge in [-0.2, -0.15) is 0 Å². The largest absolute Gasteiger partial charge is 0.492 e. The molecular formula is C22H27F2N3O2. The maximum absolute atomic E-state index is 13.2. The van der Waals surface area contributed by atoms with Crippen LogP contribution in [-0.2, 0) is 11.3 Å². The third-order valence-corrected chi connectivity index (χ3v) is 4.81. The maximum atomic E-state index is 13.2. The second-order valence-corrected chi connectivity index (χ2v) is 7.00. The lowest BCUT2D eigenvalue weighted by Gasteiger charge is -2.21. The molecule has 0 amide bonds. The summed E-state index contributed by atoms with van der Waals surface area (Å²) in [6, 6.07) is 13.7. The summed E-state index contributed by atoms with van der Waals surface area (Å²) in [7, 11) is 1.75. The molecule has 0 saturated carbocycles. The molecule has 5 nitrogen and oxygen atoms in total. The zero-order chi connectivity index (χ0) is 20.5. The highest BCUT2D eigenvalue weighted by Crippen LogP contribution is 2.18. The van der Waals surface area contributed by atoms with Crippen LogP contribution in [0.3, 0.4) is 0 Å². The Morgan fingerprint density at radius 2 is 2.00 bits per heavy atom. The molecule has 1 aliphatic heterocycles. The highest BCUT2D eigenvalue weighted by atomic mass is 19.2. The van der Waals surface area contributed by atoms with Gasteiger partial charge in [-0.1, -0.05) is 30.3 Å². The molecule has 0 spiro atoms. The van der Waals surface area contributed by atoms with Crippen LogP contribution < -0.4 is 10.1 Å². The summed E-state index contributed by atoms with van der Waals surface area (Å²) in [6.07, 6.45) is 1.06. The number of halogens is 2. The fourth-order valence-corrected chi connectivity index (χ4v) is 3.31. The van der Waals surface area contributed by atoms with Crippen LogP contribution in [0, 0.1) is 17.6 Å². The van der Waals surface area contributed by atoms with Gasteiger partial charge in [0.2, 0.25) is 0 Å².